The number of thiophene rings is 1. The molecule has 0 bridgehead atoms. The standard InChI is InChI=1S/C27H29N3O5S/c1-4-35-27(32)24-21(19-8-6-5-7-9-19)16-36-26(24)28-25(31)20-10-11-22(23(13-20)30(33)34)29-14-17(2)12-18(3)15-29/h5-11,13,16-18H,4,12,14-15H2,1-3H3,(H,28,31)/t17-,18+. The van der Waals surface area contributed by atoms with E-state index in [2.05, 4.69) is 19.2 Å². The molecule has 0 unspecified atom stereocenters. The molecule has 2 heterocycles. The highest BCUT2D eigenvalue weighted by molar-refractivity contribution is 7.15. The molecule has 2 aromatic carbocycles. The number of piperidine rings is 1. The van der Waals surface area contributed by atoms with Crippen LogP contribution in [0.1, 0.15) is 47.9 Å². The molecule has 2 atom stereocenters. The molecule has 3 aromatic rings. The Labute approximate surface area is 214 Å². The lowest BCUT2D eigenvalue weighted by molar-refractivity contribution is -0.384. The molecule has 8 nitrogen and oxygen atoms in total. The van der Waals surface area contributed by atoms with Crippen LogP contribution in [-0.4, -0.2) is 36.5 Å². The largest absolute Gasteiger partial charge is 0.462 e. The van der Waals surface area contributed by atoms with Gasteiger partial charge in [-0.2, -0.15) is 0 Å². The van der Waals surface area contributed by atoms with Gasteiger partial charge in [-0.3, -0.25) is 14.9 Å². The van der Waals surface area contributed by atoms with E-state index in [1.165, 1.54) is 17.4 Å². The van der Waals surface area contributed by atoms with Gasteiger partial charge in [-0.1, -0.05) is 44.2 Å². The number of ether oxygens (including phenoxy) is 1. The van der Waals surface area contributed by atoms with E-state index < -0.39 is 16.8 Å². The highest BCUT2D eigenvalue weighted by atomic mass is 32.1. The number of benzene rings is 2. The van der Waals surface area contributed by atoms with Gasteiger partial charge in [0.1, 0.15) is 16.3 Å². The fourth-order valence-electron chi connectivity index (χ4n) is 4.80. The Morgan fingerprint density at radius 3 is 2.47 bits per heavy atom. The van der Waals surface area contributed by atoms with Crippen LogP contribution < -0.4 is 10.2 Å². The van der Waals surface area contributed by atoms with Gasteiger partial charge in [-0.25, -0.2) is 4.79 Å². The Hall–Kier alpha value is -3.72. The fraction of sp³-hybridized carbons (Fsp3) is 0.333. The number of anilines is 2. The van der Waals surface area contributed by atoms with E-state index in [1.807, 2.05) is 35.2 Å². The Morgan fingerprint density at radius 2 is 1.83 bits per heavy atom. The number of hydrogen-bond acceptors (Lipinski definition) is 7. The van der Waals surface area contributed by atoms with Gasteiger partial charge in [0, 0.05) is 35.7 Å². The van der Waals surface area contributed by atoms with Crippen LogP contribution in [0.2, 0.25) is 0 Å². The van der Waals surface area contributed by atoms with Crippen LogP contribution in [0, 0.1) is 22.0 Å². The topological polar surface area (TPSA) is 102 Å². The summed E-state index contributed by atoms with van der Waals surface area (Å²) in [6, 6.07) is 13.9. The third-order valence-corrected chi connectivity index (χ3v) is 7.12. The van der Waals surface area contributed by atoms with Crippen molar-refractivity contribution in [3.63, 3.8) is 0 Å². The Kier molecular flexibility index (Phi) is 7.69. The average molecular weight is 508 g/mol. The molecular weight excluding hydrogens is 478 g/mol. The van der Waals surface area contributed by atoms with Crippen LogP contribution in [-0.2, 0) is 4.74 Å². The van der Waals surface area contributed by atoms with Crippen molar-refractivity contribution in [2.45, 2.75) is 27.2 Å². The molecule has 4 rings (SSSR count). The molecule has 1 aliphatic heterocycles. The lowest BCUT2D eigenvalue weighted by Gasteiger charge is -2.36. The van der Waals surface area contributed by atoms with Crippen molar-refractivity contribution in [1.82, 2.24) is 0 Å². The molecule has 1 fully saturated rings. The van der Waals surface area contributed by atoms with E-state index in [4.69, 9.17) is 4.74 Å². The van der Waals surface area contributed by atoms with Crippen molar-refractivity contribution < 1.29 is 19.2 Å². The van der Waals surface area contributed by atoms with Gasteiger partial charge in [-0.15, -0.1) is 11.3 Å². The number of nitrogens with one attached hydrogen (secondary N) is 1. The van der Waals surface area contributed by atoms with E-state index in [0.29, 0.717) is 28.1 Å². The highest BCUT2D eigenvalue weighted by Gasteiger charge is 2.29. The van der Waals surface area contributed by atoms with E-state index in [1.54, 1.807) is 24.4 Å². The van der Waals surface area contributed by atoms with Gasteiger partial charge >= 0.3 is 5.97 Å². The number of rotatable bonds is 7. The van der Waals surface area contributed by atoms with E-state index in [-0.39, 0.29) is 23.4 Å². The summed E-state index contributed by atoms with van der Waals surface area (Å²) in [7, 11) is 0. The molecule has 0 spiro atoms. The molecule has 188 valence electrons. The number of carbonyl (C=O) groups is 2. The fourth-order valence-corrected chi connectivity index (χ4v) is 5.75. The average Bonchev–Trinajstić information content (AvgIpc) is 3.27. The molecule has 1 N–H and O–H groups in total. The maximum Gasteiger partial charge on any atom is 0.341 e. The summed E-state index contributed by atoms with van der Waals surface area (Å²) in [6.45, 7) is 7.66. The van der Waals surface area contributed by atoms with Crippen molar-refractivity contribution >= 4 is 39.6 Å². The molecule has 9 heteroatoms. The first kappa shape index (κ1) is 25.4. The second kappa shape index (κ2) is 10.9. The molecule has 0 aliphatic carbocycles. The zero-order chi connectivity index (χ0) is 25.8. The Balaban J connectivity index is 1.65. The van der Waals surface area contributed by atoms with Crippen LogP contribution in [0.3, 0.4) is 0 Å². The molecule has 1 aliphatic rings. The van der Waals surface area contributed by atoms with Crippen LogP contribution in [0.15, 0.2) is 53.9 Å². The predicted molar refractivity (Wildman–Crippen MR) is 142 cm³/mol. The van der Waals surface area contributed by atoms with Gasteiger partial charge in [-0.05, 0) is 42.9 Å². The summed E-state index contributed by atoms with van der Waals surface area (Å²) >= 11 is 1.21. The number of nitro benzene ring substituents is 1. The van der Waals surface area contributed by atoms with Gasteiger partial charge in [0.15, 0.2) is 0 Å². The number of amides is 1. The Morgan fingerprint density at radius 1 is 1.14 bits per heavy atom. The number of carbonyl (C=O) groups excluding carboxylic acids is 2. The maximum absolute atomic E-state index is 13.2. The van der Waals surface area contributed by atoms with E-state index in [9.17, 15) is 19.7 Å². The molecule has 1 amide bonds. The molecule has 0 saturated carbocycles. The monoisotopic (exact) mass is 507 g/mol. The van der Waals surface area contributed by atoms with E-state index in [0.717, 1.165) is 25.1 Å². The third-order valence-electron chi connectivity index (χ3n) is 6.23. The number of hydrogen-bond donors (Lipinski definition) is 1. The molecule has 1 saturated heterocycles. The maximum atomic E-state index is 13.2. The summed E-state index contributed by atoms with van der Waals surface area (Å²) < 4.78 is 5.25. The van der Waals surface area contributed by atoms with Gasteiger partial charge in [0.25, 0.3) is 11.6 Å². The molecule has 1 aromatic heterocycles. The van der Waals surface area contributed by atoms with Crippen LogP contribution in [0.4, 0.5) is 16.4 Å². The summed E-state index contributed by atoms with van der Waals surface area (Å²) in [5.74, 6) is -0.217. The van der Waals surface area contributed by atoms with Crippen molar-refractivity contribution in [2.24, 2.45) is 11.8 Å². The Bertz CT molecular complexity index is 1260. The van der Waals surface area contributed by atoms with Crippen LogP contribution in [0.25, 0.3) is 11.1 Å². The quantitative estimate of drug-likeness (QED) is 0.231. The minimum atomic E-state index is -0.539. The zero-order valence-electron chi connectivity index (χ0n) is 20.5. The number of esters is 1. The molecule has 0 radical (unpaired) electrons. The highest BCUT2D eigenvalue weighted by Crippen LogP contribution is 2.37. The van der Waals surface area contributed by atoms with Gasteiger partial charge in [0.05, 0.1) is 11.5 Å². The van der Waals surface area contributed by atoms with Crippen LogP contribution in [0.5, 0.6) is 0 Å². The minimum Gasteiger partial charge on any atom is -0.462 e. The number of nitro groups is 1. The van der Waals surface area contributed by atoms with E-state index >= 15 is 0 Å². The first-order chi connectivity index (χ1) is 17.3. The first-order valence-corrected chi connectivity index (χ1v) is 12.8. The SMILES string of the molecule is CCOC(=O)c1c(-c2ccccc2)csc1NC(=O)c1ccc(N2C[C@H](C)C[C@H](C)C2)c([N+](=O)[O-])c1. The van der Waals surface area contributed by atoms with Gasteiger partial charge in [0.2, 0.25) is 0 Å². The minimum absolute atomic E-state index is 0.106. The normalized spacial score (nSPS) is 17.5. The third kappa shape index (κ3) is 5.41. The van der Waals surface area contributed by atoms with Crippen molar-refractivity contribution in [1.29, 1.82) is 0 Å². The lowest BCUT2D eigenvalue weighted by atomic mass is 9.91. The first-order valence-electron chi connectivity index (χ1n) is 12.0. The molecular formula is C27H29N3O5S. The molecule has 36 heavy (non-hydrogen) atoms. The van der Waals surface area contributed by atoms with Crippen molar-refractivity contribution in [3.8, 4) is 11.1 Å². The van der Waals surface area contributed by atoms with Crippen LogP contribution >= 0.6 is 11.3 Å². The summed E-state index contributed by atoms with van der Waals surface area (Å²) in [5, 5.41) is 16.8. The smallest absolute Gasteiger partial charge is 0.341 e. The van der Waals surface area contributed by atoms with Gasteiger partial charge < -0.3 is 15.0 Å². The van der Waals surface area contributed by atoms with Crippen molar-refractivity contribution in [3.05, 3.63) is 75.2 Å². The lowest BCUT2D eigenvalue weighted by Crippen LogP contribution is -2.39. The van der Waals surface area contributed by atoms with Crippen molar-refractivity contribution in [2.75, 3.05) is 29.9 Å². The summed E-state index contributed by atoms with van der Waals surface area (Å²) in [6.07, 6.45) is 1.08. The second-order valence-corrected chi connectivity index (χ2v) is 10.1. The summed E-state index contributed by atoms with van der Waals surface area (Å²) in [5.41, 5.74) is 2.30. The number of nitrogens with zero attached hydrogens (tertiary/aromatic N) is 2. The predicted octanol–water partition coefficient (Wildman–Crippen LogP) is 6.23. The zero-order valence-corrected chi connectivity index (χ0v) is 21.3. The second-order valence-electron chi connectivity index (χ2n) is 9.21. The summed E-state index contributed by atoms with van der Waals surface area (Å²) in [4.78, 5) is 39.5.